The molecule has 0 atom stereocenters. The summed E-state index contributed by atoms with van der Waals surface area (Å²) in [7, 11) is 0. The molecule has 0 saturated carbocycles. The highest BCUT2D eigenvalue weighted by molar-refractivity contribution is 7.21. The monoisotopic (exact) mass is 300 g/mol. The third-order valence-electron chi connectivity index (χ3n) is 3.26. The van der Waals surface area contributed by atoms with Gasteiger partial charge in [0.15, 0.2) is 0 Å². The second-order valence-electron chi connectivity index (χ2n) is 4.76. The number of benzene rings is 2. The minimum atomic E-state index is -0.343. The highest BCUT2D eigenvalue weighted by Gasteiger charge is 2.17. The number of carbonyl (C=O) groups is 1. The van der Waals surface area contributed by atoms with Crippen LogP contribution in [0, 0.1) is 12.7 Å². The Morgan fingerprint density at radius 1 is 1.19 bits per heavy atom. The molecular formula is C16H13FN2OS. The summed E-state index contributed by atoms with van der Waals surface area (Å²) < 4.78 is 13.9. The van der Waals surface area contributed by atoms with Gasteiger partial charge in [-0.1, -0.05) is 18.2 Å². The zero-order chi connectivity index (χ0) is 15.0. The van der Waals surface area contributed by atoms with E-state index in [1.54, 1.807) is 0 Å². The van der Waals surface area contributed by atoms with Crippen molar-refractivity contribution in [3.63, 3.8) is 0 Å². The summed E-state index contributed by atoms with van der Waals surface area (Å²) in [6.07, 6.45) is 0. The molecule has 106 valence electrons. The molecule has 0 unspecified atom stereocenters. The number of hydrogen-bond donors (Lipinski definition) is 2. The first-order chi connectivity index (χ1) is 10.1. The van der Waals surface area contributed by atoms with Crippen LogP contribution < -0.4 is 11.1 Å². The first-order valence-electron chi connectivity index (χ1n) is 6.41. The van der Waals surface area contributed by atoms with Gasteiger partial charge in [0.1, 0.15) is 10.7 Å². The lowest BCUT2D eigenvalue weighted by Gasteiger charge is -2.04. The number of hydrogen-bond acceptors (Lipinski definition) is 3. The third kappa shape index (κ3) is 2.48. The lowest BCUT2D eigenvalue weighted by atomic mass is 10.1. The molecule has 0 fully saturated rings. The van der Waals surface area contributed by atoms with Gasteiger partial charge in [0.2, 0.25) is 0 Å². The van der Waals surface area contributed by atoms with Gasteiger partial charge in [-0.05, 0) is 36.8 Å². The molecule has 3 aromatic rings. The maximum atomic E-state index is 12.9. The molecule has 5 heteroatoms. The minimum Gasteiger partial charge on any atom is -0.397 e. The fourth-order valence-electron chi connectivity index (χ4n) is 2.17. The van der Waals surface area contributed by atoms with Crippen LogP contribution in [0.1, 0.15) is 15.2 Å². The number of nitrogens with one attached hydrogen (secondary N) is 1. The van der Waals surface area contributed by atoms with Gasteiger partial charge >= 0.3 is 0 Å². The predicted octanol–water partition coefficient (Wildman–Crippen LogP) is 4.18. The van der Waals surface area contributed by atoms with Gasteiger partial charge in [-0.3, -0.25) is 4.79 Å². The molecule has 3 nitrogen and oxygen atoms in total. The van der Waals surface area contributed by atoms with Crippen molar-refractivity contribution in [1.82, 2.24) is 0 Å². The number of nitrogen functional groups attached to an aromatic ring is 1. The van der Waals surface area contributed by atoms with Crippen molar-refractivity contribution in [3.05, 3.63) is 58.7 Å². The Hall–Kier alpha value is -2.40. The number of halogens is 1. The van der Waals surface area contributed by atoms with Crippen molar-refractivity contribution in [2.75, 3.05) is 11.1 Å². The van der Waals surface area contributed by atoms with E-state index in [0.29, 0.717) is 16.3 Å². The van der Waals surface area contributed by atoms with Crippen LogP contribution in [-0.4, -0.2) is 5.91 Å². The zero-order valence-corrected chi connectivity index (χ0v) is 12.1. The predicted molar refractivity (Wildman–Crippen MR) is 85.3 cm³/mol. The molecular weight excluding hydrogens is 287 g/mol. The summed E-state index contributed by atoms with van der Waals surface area (Å²) in [4.78, 5) is 12.8. The molecule has 0 radical (unpaired) electrons. The molecule has 3 N–H and O–H groups in total. The van der Waals surface area contributed by atoms with Crippen molar-refractivity contribution in [2.24, 2.45) is 0 Å². The number of nitrogens with two attached hydrogens (primary N) is 1. The number of aryl methyl sites for hydroxylation is 1. The van der Waals surface area contributed by atoms with E-state index in [2.05, 4.69) is 5.32 Å². The van der Waals surface area contributed by atoms with E-state index in [9.17, 15) is 9.18 Å². The Kier molecular flexibility index (Phi) is 3.35. The smallest absolute Gasteiger partial charge is 0.267 e. The molecule has 1 amide bonds. The lowest BCUT2D eigenvalue weighted by Crippen LogP contribution is -2.11. The van der Waals surface area contributed by atoms with Crippen LogP contribution in [0.4, 0.5) is 15.8 Å². The Bertz CT molecular complexity index is 824. The topological polar surface area (TPSA) is 55.1 Å². The van der Waals surface area contributed by atoms with Crippen molar-refractivity contribution in [3.8, 4) is 0 Å². The average Bonchev–Trinajstić information content (AvgIpc) is 2.81. The SMILES string of the molecule is Cc1cccc2c(N)c(C(=O)Nc3ccc(F)cc3)sc12. The molecule has 3 rings (SSSR count). The Balaban J connectivity index is 1.96. The van der Waals surface area contributed by atoms with Gasteiger partial charge < -0.3 is 11.1 Å². The van der Waals surface area contributed by atoms with E-state index in [-0.39, 0.29) is 11.7 Å². The number of carbonyl (C=O) groups excluding carboxylic acids is 1. The van der Waals surface area contributed by atoms with Crippen molar-refractivity contribution in [1.29, 1.82) is 0 Å². The molecule has 1 heterocycles. The van der Waals surface area contributed by atoms with Gasteiger partial charge in [0.05, 0.1) is 5.69 Å². The van der Waals surface area contributed by atoms with Crippen LogP contribution in [0.15, 0.2) is 42.5 Å². The zero-order valence-electron chi connectivity index (χ0n) is 11.3. The fourth-order valence-corrected chi connectivity index (χ4v) is 3.25. The highest BCUT2D eigenvalue weighted by Crippen LogP contribution is 2.35. The highest BCUT2D eigenvalue weighted by atomic mass is 32.1. The van der Waals surface area contributed by atoms with Crippen LogP contribution >= 0.6 is 11.3 Å². The van der Waals surface area contributed by atoms with Gasteiger partial charge in [0, 0.05) is 15.8 Å². The minimum absolute atomic E-state index is 0.278. The normalized spacial score (nSPS) is 10.8. The summed E-state index contributed by atoms with van der Waals surface area (Å²) in [5.74, 6) is -0.621. The number of anilines is 2. The number of thiophene rings is 1. The van der Waals surface area contributed by atoms with Crippen LogP contribution in [-0.2, 0) is 0 Å². The average molecular weight is 300 g/mol. The molecule has 1 aromatic heterocycles. The maximum absolute atomic E-state index is 12.9. The molecule has 21 heavy (non-hydrogen) atoms. The lowest BCUT2D eigenvalue weighted by molar-refractivity contribution is 0.103. The fraction of sp³-hybridized carbons (Fsp3) is 0.0625. The van der Waals surface area contributed by atoms with E-state index >= 15 is 0 Å². The molecule has 0 bridgehead atoms. The van der Waals surface area contributed by atoms with Crippen LogP contribution in [0.2, 0.25) is 0 Å². The molecule has 0 saturated heterocycles. The van der Waals surface area contributed by atoms with Crippen LogP contribution in [0.5, 0.6) is 0 Å². The van der Waals surface area contributed by atoms with Crippen LogP contribution in [0.3, 0.4) is 0 Å². The van der Waals surface area contributed by atoms with Gasteiger partial charge in [0.25, 0.3) is 5.91 Å². The summed E-state index contributed by atoms with van der Waals surface area (Å²) in [6, 6.07) is 11.4. The van der Waals surface area contributed by atoms with Gasteiger partial charge in [-0.2, -0.15) is 0 Å². The quantitative estimate of drug-likeness (QED) is 0.746. The Labute approximate surface area is 125 Å². The summed E-state index contributed by atoms with van der Waals surface area (Å²) in [5.41, 5.74) is 8.19. The Morgan fingerprint density at radius 3 is 2.57 bits per heavy atom. The molecule has 0 aliphatic rings. The van der Waals surface area contributed by atoms with Gasteiger partial charge in [-0.15, -0.1) is 11.3 Å². The summed E-state index contributed by atoms with van der Waals surface area (Å²) in [6.45, 7) is 1.99. The Morgan fingerprint density at radius 2 is 1.90 bits per heavy atom. The third-order valence-corrected chi connectivity index (χ3v) is 4.61. The number of amides is 1. The maximum Gasteiger partial charge on any atom is 0.267 e. The van der Waals surface area contributed by atoms with E-state index in [1.165, 1.54) is 35.6 Å². The standard InChI is InChI=1S/C16H13FN2OS/c1-9-3-2-4-12-13(18)15(21-14(9)12)16(20)19-11-7-5-10(17)6-8-11/h2-8H,18H2,1H3,(H,19,20). The first kappa shape index (κ1) is 13.6. The van der Waals surface area contributed by atoms with Crippen LogP contribution in [0.25, 0.3) is 10.1 Å². The van der Waals surface area contributed by atoms with Crippen molar-refractivity contribution >= 4 is 38.7 Å². The summed E-state index contributed by atoms with van der Waals surface area (Å²) in [5, 5.41) is 3.62. The largest absolute Gasteiger partial charge is 0.397 e. The van der Waals surface area contributed by atoms with E-state index in [4.69, 9.17) is 5.73 Å². The van der Waals surface area contributed by atoms with Crippen molar-refractivity contribution < 1.29 is 9.18 Å². The number of rotatable bonds is 2. The summed E-state index contributed by atoms with van der Waals surface area (Å²) >= 11 is 1.37. The molecule has 0 aliphatic carbocycles. The van der Waals surface area contributed by atoms with Crippen molar-refractivity contribution in [2.45, 2.75) is 6.92 Å². The van der Waals surface area contributed by atoms with E-state index < -0.39 is 0 Å². The number of fused-ring (bicyclic) bond motifs is 1. The molecule has 0 aliphatic heterocycles. The van der Waals surface area contributed by atoms with E-state index in [1.807, 2.05) is 25.1 Å². The molecule has 2 aromatic carbocycles. The van der Waals surface area contributed by atoms with Gasteiger partial charge in [-0.25, -0.2) is 4.39 Å². The first-order valence-corrected chi connectivity index (χ1v) is 7.22. The molecule has 0 spiro atoms. The second-order valence-corrected chi connectivity index (χ2v) is 5.78. The van der Waals surface area contributed by atoms with E-state index in [0.717, 1.165) is 15.6 Å². The second kappa shape index (κ2) is 5.18.